The van der Waals surface area contributed by atoms with E-state index in [0.29, 0.717) is 53.9 Å². The van der Waals surface area contributed by atoms with Crippen LogP contribution in [0, 0.1) is 0 Å². The van der Waals surface area contributed by atoms with E-state index in [2.05, 4.69) is 20.7 Å². The van der Waals surface area contributed by atoms with Gasteiger partial charge in [0, 0.05) is 25.1 Å². The standard InChI is InChI=1S/C22H22N6O5/c29-18-11-17(13-6-8-27(9-7-13)22(31)32)28-20(25-18)19-15(4-1-5-16(19)26-28)24-21(30)23-12-14-3-2-10-33-14/h1-5,10-11,13H,6-9,12H2,(H,25,29)(H,31,32)(H2,23,24,30). The molecule has 0 bridgehead atoms. The molecule has 1 fully saturated rings. The summed E-state index contributed by atoms with van der Waals surface area (Å²) in [6.45, 7) is 1.04. The second-order valence-corrected chi connectivity index (χ2v) is 7.95. The number of aromatic nitrogens is 3. The number of amides is 3. The lowest BCUT2D eigenvalue weighted by molar-refractivity contribution is 0.131. The SMILES string of the molecule is O=C(NCc1ccco1)Nc1cccc2nn3c(C4CCN(C(=O)O)CC4)cc(=O)[nH]c3c12. The number of furan rings is 1. The van der Waals surface area contributed by atoms with E-state index < -0.39 is 12.1 Å². The Balaban J connectivity index is 1.47. The molecule has 3 amide bonds. The van der Waals surface area contributed by atoms with Crippen molar-refractivity contribution in [3.63, 3.8) is 0 Å². The van der Waals surface area contributed by atoms with E-state index in [0.717, 1.165) is 5.69 Å². The number of piperidine rings is 1. The number of carbonyl (C=O) groups is 2. The molecule has 4 aromatic rings. The molecule has 0 aliphatic carbocycles. The van der Waals surface area contributed by atoms with E-state index >= 15 is 0 Å². The lowest BCUT2D eigenvalue weighted by Gasteiger charge is -2.30. The van der Waals surface area contributed by atoms with Crippen molar-refractivity contribution in [1.82, 2.24) is 24.8 Å². The fourth-order valence-corrected chi connectivity index (χ4v) is 4.30. The molecule has 1 aromatic carbocycles. The Labute approximate surface area is 187 Å². The van der Waals surface area contributed by atoms with E-state index in [-0.39, 0.29) is 18.0 Å². The largest absolute Gasteiger partial charge is 0.467 e. The van der Waals surface area contributed by atoms with Crippen LogP contribution in [0.3, 0.4) is 0 Å². The zero-order valence-corrected chi connectivity index (χ0v) is 17.6. The number of likely N-dealkylation sites (tertiary alicyclic amines) is 1. The van der Waals surface area contributed by atoms with Gasteiger partial charge in [-0.3, -0.25) is 4.79 Å². The number of carboxylic acid groups (broad SMARTS) is 1. The van der Waals surface area contributed by atoms with Crippen LogP contribution in [-0.4, -0.2) is 49.8 Å². The average molecular weight is 450 g/mol. The third kappa shape index (κ3) is 4.00. The number of carbonyl (C=O) groups excluding carboxylic acids is 1. The molecule has 0 saturated carbocycles. The monoisotopic (exact) mass is 450 g/mol. The number of hydrogen-bond donors (Lipinski definition) is 4. The van der Waals surface area contributed by atoms with E-state index in [9.17, 15) is 19.5 Å². The molecule has 3 aromatic heterocycles. The third-order valence-corrected chi connectivity index (χ3v) is 5.90. The molecule has 0 unspecified atom stereocenters. The van der Waals surface area contributed by atoms with Crippen molar-refractivity contribution < 1.29 is 19.1 Å². The van der Waals surface area contributed by atoms with Gasteiger partial charge in [-0.05, 0) is 37.1 Å². The molecule has 4 N–H and O–H groups in total. The van der Waals surface area contributed by atoms with Crippen molar-refractivity contribution >= 4 is 34.4 Å². The Bertz CT molecular complexity index is 1380. The van der Waals surface area contributed by atoms with Gasteiger partial charge in [-0.1, -0.05) is 6.07 Å². The van der Waals surface area contributed by atoms with Gasteiger partial charge in [0.2, 0.25) is 0 Å². The maximum absolute atomic E-state index is 12.5. The third-order valence-electron chi connectivity index (χ3n) is 5.90. The van der Waals surface area contributed by atoms with Gasteiger partial charge in [0.05, 0.1) is 35.1 Å². The van der Waals surface area contributed by atoms with E-state index in [1.54, 1.807) is 28.8 Å². The van der Waals surface area contributed by atoms with Crippen molar-refractivity contribution in [2.45, 2.75) is 25.3 Å². The molecule has 5 rings (SSSR count). The Hall–Kier alpha value is -4.28. The summed E-state index contributed by atoms with van der Waals surface area (Å²) in [5, 5.41) is 20.1. The number of urea groups is 1. The fraction of sp³-hybridized carbons (Fsp3) is 0.273. The number of hydrogen-bond acceptors (Lipinski definition) is 5. The number of nitrogens with zero attached hydrogens (tertiary/aromatic N) is 3. The molecule has 0 spiro atoms. The predicted molar refractivity (Wildman–Crippen MR) is 119 cm³/mol. The van der Waals surface area contributed by atoms with Crippen LogP contribution in [0.1, 0.15) is 30.2 Å². The topological polar surface area (TPSA) is 145 Å². The van der Waals surface area contributed by atoms with Crippen LogP contribution >= 0.6 is 0 Å². The van der Waals surface area contributed by atoms with E-state index in [1.165, 1.54) is 17.2 Å². The van der Waals surface area contributed by atoms with Gasteiger partial charge in [-0.2, -0.15) is 5.10 Å². The van der Waals surface area contributed by atoms with Crippen molar-refractivity contribution in [1.29, 1.82) is 0 Å². The van der Waals surface area contributed by atoms with Gasteiger partial charge in [-0.15, -0.1) is 0 Å². The number of aromatic amines is 1. The van der Waals surface area contributed by atoms with Crippen LogP contribution in [-0.2, 0) is 6.54 Å². The first-order valence-corrected chi connectivity index (χ1v) is 10.6. The first-order chi connectivity index (χ1) is 16.0. The number of benzene rings is 1. The summed E-state index contributed by atoms with van der Waals surface area (Å²) in [6, 6.07) is 9.94. The molecule has 11 heteroatoms. The average Bonchev–Trinajstić information content (AvgIpc) is 3.45. The first kappa shape index (κ1) is 20.6. The molecule has 0 radical (unpaired) electrons. The van der Waals surface area contributed by atoms with Gasteiger partial charge in [0.25, 0.3) is 5.56 Å². The Morgan fingerprint density at radius 2 is 2.03 bits per heavy atom. The molecule has 11 nitrogen and oxygen atoms in total. The Kier molecular flexibility index (Phi) is 5.21. The minimum atomic E-state index is -0.935. The van der Waals surface area contributed by atoms with Crippen LogP contribution in [0.5, 0.6) is 0 Å². The summed E-state index contributed by atoms with van der Waals surface area (Å²) in [5.41, 5.74) is 2.05. The normalized spacial score (nSPS) is 14.6. The second-order valence-electron chi connectivity index (χ2n) is 7.95. The minimum Gasteiger partial charge on any atom is -0.467 e. The van der Waals surface area contributed by atoms with Crippen LogP contribution in [0.4, 0.5) is 15.3 Å². The lowest BCUT2D eigenvalue weighted by Crippen LogP contribution is -2.37. The number of fused-ring (bicyclic) bond motifs is 3. The maximum atomic E-state index is 12.5. The van der Waals surface area contributed by atoms with Gasteiger partial charge >= 0.3 is 12.1 Å². The summed E-state index contributed by atoms with van der Waals surface area (Å²) in [6.07, 6.45) is 1.80. The van der Waals surface area contributed by atoms with Crippen molar-refractivity contribution in [2.75, 3.05) is 18.4 Å². The number of rotatable bonds is 4. The molecule has 170 valence electrons. The zero-order valence-electron chi connectivity index (χ0n) is 17.6. The minimum absolute atomic E-state index is 0.00674. The smallest absolute Gasteiger partial charge is 0.407 e. The number of nitrogens with one attached hydrogen (secondary N) is 3. The summed E-state index contributed by atoms with van der Waals surface area (Å²) in [4.78, 5) is 40.4. The highest BCUT2D eigenvalue weighted by Crippen LogP contribution is 2.31. The highest BCUT2D eigenvalue weighted by molar-refractivity contribution is 6.07. The van der Waals surface area contributed by atoms with E-state index in [1.807, 2.05) is 6.07 Å². The Morgan fingerprint density at radius 1 is 1.21 bits per heavy atom. The van der Waals surface area contributed by atoms with Crippen LogP contribution < -0.4 is 16.2 Å². The van der Waals surface area contributed by atoms with Crippen molar-refractivity contribution in [2.24, 2.45) is 0 Å². The lowest BCUT2D eigenvalue weighted by atomic mass is 9.93. The van der Waals surface area contributed by atoms with Crippen LogP contribution in [0.25, 0.3) is 16.6 Å². The molecule has 4 heterocycles. The summed E-state index contributed by atoms with van der Waals surface area (Å²) in [7, 11) is 0. The van der Waals surface area contributed by atoms with Gasteiger partial charge in [-0.25, -0.2) is 14.1 Å². The highest BCUT2D eigenvalue weighted by atomic mass is 16.4. The first-order valence-electron chi connectivity index (χ1n) is 10.6. The zero-order chi connectivity index (χ0) is 22.9. The number of H-pyrrole nitrogens is 1. The molecule has 1 saturated heterocycles. The van der Waals surface area contributed by atoms with Gasteiger partial charge < -0.3 is 30.0 Å². The molecule has 33 heavy (non-hydrogen) atoms. The van der Waals surface area contributed by atoms with Crippen molar-refractivity contribution in [3.05, 3.63) is 64.5 Å². The van der Waals surface area contributed by atoms with Gasteiger partial charge in [0.15, 0.2) is 0 Å². The Morgan fingerprint density at radius 3 is 2.76 bits per heavy atom. The summed E-state index contributed by atoms with van der Waals surface area (Å²) in [5.74, 6) is 0.620. The predicted octanol–water partition coefficient (Wildman–Crippen LogP) is 2.95. The second kappa shape index (κ2) is 8.34. The van der Waals surface area contributed by atoms with Crippen LogP contribution in [0.15, 0.2) is 51.9 Å². The number of anilines is 1. The molecule has 0 atom stereocenters. The molecule has 1 aliphatic rings. The van der Waals surface area contributed by atoms with E-state index in [4.69, 9.17) is 4.42 Å². The van der Waals surface area contributed by atoms with Gasteiger partial charge in [0.1, 0.15) is 11.4 Å². The summed E-state index contributed by atoms with van der Waals surface area (Å²) >= 11 is 0. The van der Waals surface area contributed by atoms with Crippen LogP contribution in [0.2, 0.25) is 0 Å². The maximum Gasteiger partial charge on any atom is 0.407 e. The quantitative estimate of drug-likeness (QED) is 0.376. The highest BCUT2D eigenvalue weighted by Gasteiger charge is 2.26. The molecular formula is C22H22N6O5. The fourth-order valence-electron chi connectivity index (χ4n) is 4.30. The summed E-state index contributed by atoms with van der Waals surface area (Å²) < 4.78 is 6.92. The molecular weight excluding hydrogens is 428 g/mol. The van der Waals surface area contributed by atoms with Crippen molar-refractivity contribution in [3.8, 4) is 0 Å². The molecule has 1 aliphatic heterocycles.